The Labute approximate surface area is 154 Å². The smallest absolute Gasteiger partial charge is 0.243 e. The molecule has 0 radical (unpaired) electrons. The first-order valence-corrected chi connectivity index (χ1v) is 8.76. The molecule has 142 valence electrons. The van der Waals surface area contributed by atoms with E-state index in [1.807, 2.05) is 13.8 Å². The van der Waals surface area contributed by atoms with E-state index >= 15 is 0 Å². The van der Waals surface area contributed by atoms with Crippen LogP contribution in [-0.2, 0) is 14.4 Å². The van der Waals surface area contributed by atoms with E-state index in [0.717, 1.165) is 0 Å². The molecule has 0 aromatic heterocycles. The van der Waals surface area contributed by atoms with Gasteiger partial charge in [-0.05, 0) is 30.2 Å². The first-order chi connectivity index (χ1) is 12.3. The molecule has 26 heavy (non-hydrogen) atoms. The molecule has 1 aliphatic rings. The van der Waals surface area contributed by atoms with Crippen molar-refractivity contribution < 1.29 is 19.1 Å². The van der Waals surface area contributed by atoms with Crippen molar-refractivity contribution in [2.45, 2.75) is 20.3 Å². The lowest BCUT2D eigenvalue weighted by Crippen LogP contribution is -2.39. The number of carbonyl (C=O) groups excluding carboxylic acids is 3. The van der Waals surface area contributed by atoms with E-state index in [1.54, 1.807) is 43.3 Å². The Kier molecular flexibility index (Phi) is 6.60. The fraction of sp³-hybridized carbons (Fsp3) is 0.526. The van der Waals surface area contributed by atoms with Crippen molar-refractivity contribution in [3.05, 3.63) is 24.3 Å². The standard InChI is InChI=1S/C19H27N3O4/c1-13(2)10-22-11-14(9-18(22)24)19(25)21(3)12-17(23)20-15-5-7-16(26-4)8-6-15/h5-8,13-14H,9-12H2,1-4H3,(H,20,23). The number of nitrogens with one attached hydrogen (secondary N) is 1. The maximum Gasteiger partial charge on any atom is 0.243 e. The molecular formula is C19H27N3O4. The van der Waals surface area contributed by atoms with Gasteiger partial charge >= 0.3 is 0 Å². The number of ether oxygens (including phenoxy) is 1. The number of carbonyl (C=O) groups is 3. The number of nitrogens with zero attached hydrogens (tertiary/aromatic N) is 2. The van der Waals surface area contributed by atoms with Gasteiger partial charge in [0.05, 0.1) is 19.6 Å². The first kappa shape index (κ1) is 19.8. The minimum atomic E-state index is -0.375. The highest BCUT2D eigenvalue weighted by molar-refractivity contribution is 5.96. The molecule has 0 saturated carbocycles. The molecule has 1 aromatic carbocycles. The van der Waals surface area contributed by atoms with E-state index in [-0.39, 0.29) is 36.6 Å². The largest absolute Gasteiger partial charge is 0.497 e. The molecule has 1 aromatic rings. The number of likely N-dealkylation sites (tertiary alicyclic amines) is 1. The molecule has 1 unspecified atom stereocenters. The summed E-state index contributed by atoms with van der Waals surface area (Å²) in [5, 5.41) is 2.75. The maximum atomic E-state index is 12.5. The second kappa shape index (κ2) is 8.69. The van der Waals surface area contributed by atoms with E-state index in [9.17, 15) is 14.4 Å². The molecule has 1 heterocycles. The predicted octanol–water partition coefficient (Wildman–Crippen LogP) is 1.60. The highest BCUT2D eigenvalue weighted by atomic mass is 16.5. The van der Waals surface area contributed by atoms with E-state index in [4.69, 9.17) is 4.74 Å². The number of anilines is 1. The third-order valence-corrected chi connectivity index (χ3v) is 4.28. The van der Waals surface area contributed by atoms with Crippen LogP contribution in [0.15, 0.2) is 24.3 Å². The molecule has 1 N–H and O–H groups in total. The van der Waals surface area contributed by atoms with Gasteiger partial charge in [0.1, 0.15) is 5.75 Å². The van der Waals surface area contributed by atoms with Gasteiger partial charge in [-0.3, -0.25) is 14.4 Å². The molecule has 1 aliphatic heterocycles. The van der Waals surface area contributed by atoms with Crippen LogP contribution in [0, 0.1) is 11.8 Å². The summed E-state index contributed by atoms with van der Waals surface area (Å²) in [5.41, 5.74) is 0.635. The Balaban J connectivity index is 1.86. The van der Waals surface area contributed by atoms with Crippen LogP contribution in [0.2, 0.25) is 0 Å². The Morgan fingerprint density at radius 2 is 1.96 bits per heavy atom. The molecular weight excluding hydrogens is 334 g/mol. The third-order valence-electron chi connectivity index (χ3n) is 4.28. The van der Waals surface area contributed by atoms with Gasteiger partial charge in [0, 0.05) is 32.2 Å². The van der Waals surface area contributed by atoms with Crippen LogP contribution in [-0.4, -0.2) is 61.3 Å². The summed E-state index contributed by atoms with van der Waals surface area (Å²) in [5.74, 6) is 0.241. The number of rotatable bonds is 7. The van der Waals surface area contributed by atoms with Crippen LogP contribution in [0.1, 0.15) is 20.3 Å². The number of methoxy groups -OCH3 is 1. The molecule has 1 fully saturated rings. The summed E-state index contributed by atoms with van der Waals surface area (Å²) in [6.45, 7) is 5.11. The molecule has 7 nitrogen and oxygen atoms in total. The Bertz CT molecular complexity index is 657. The minimum Gasteiger partial charge on any atom is -0.497 e. The van der Waals surface area contributed by atoms with Gasteiger partial charge in [0.25, 0.3) is 0 Å². The van der Waals surface area contributed by atoms with Crippen molar-refractivity contribution in [1.82, 2.24) is 9.80 Å². The summed E-state index contributed by atoms with van der Waals surface area (Å²) >= 11 is 0. The highest BCUT2D eigenvalue weighted by Gasteiger charge is 2.36. The molecule has 0 bridgehead atoms. The Hall–Kier alpha value is -2.57. The van der Waals surface area contributed by atoms with Crippen molar-refractivity contribution in [2.75, 3.05) is 39.1 Å². The monoisotopic (exact) mass is 361 g/mol. The molecule has 7 heteroatoms. The normalized spacial score (nSPS) is 16.7. The van der Waals surface area contributed by atoms with Gasteiger partial charge < -0.3 is 19.9 Å². The predicted molar refractivity (Wildman–Crippen MR) is 98.8 cm³/mol. The molecule has 1 saturated heterocycles. The van der Waals surface area contributed by atoms with Gasteiger partial charge in [0.15, 0.2) is 0 Å². The summed E-state index contributed by atoms with van der Waals surface area (Å²) in [6.07, 6.45) is 0.218. The number of hydrogen-bond acceptors (Lipinski definition) is 4. The zero-order valence-electron chi connectivity index (χ0n) is 15.8. The van der Waals surface area contributed by atoms with Gasteiger partial charge in [-0.1, -0.05) is 13.8 Å². The summed E-state index contributed by atoms with van der Waals surface area (Å²) < 4.78 is 5.07. The lowest BCUT2D eigenvalue weighted by Gasteiger charge is -2.22. The molecule has 2 rings (SSSR count). The first-order valence-electron chi connectivity index (χ1n) is 8.76. The van der Waals surface area contributed by atoms with Crippen molar-refractivity contribution in [3.8, 4) is 5.75 Å². The summed E-state index contributed by atoms with van der Waals surface area (Å²) in [6, 6.07) is 6.96. The van der Waals surface area contributed by atoms with E-state index < -0.39 is 0 Å². The number of hydrogen-bond donors (Lipinski definition) is 1. The average molecular weight is 361 g/mol. The molecule has 3 amide bonds. The maximum absolute atomic E-state index is 12.5. The van der Waals surface area contributed by atoms with Crippen molar-refractivity contribution >= 4 is 23.4 Å². The van der Waals surface area contributed by atoms with Crippen LogP contribution < -0.4 is 10.1 Å². The van der Waals surface area contributed by atoms with Crippen LogP contribution in [0.25, 0.3) is 0 Å². The molecule has 0 aliphatic carbocycles. The van der Waals surface area contributed by atoms with Crippen molar-refractivity contribution in [2.24, 2.45) is 11.8 Å². The fourth-order valence-electron chi connectivity index (χ4n) is 3.03. The number of benzene rings is 1. The van der Waals surface area contributed by atoms with E-state index in [0.29, 0.717) is 30.4 Å². The van der Waals surface area contributed by atoms with Crippen LogP contribution in [0.5, 0.6) is 5.75 Å². The van der Waals surface area contributed by atoms with Gasteiger partial charge in [-0.2, -0.15) is 0 Å². The SMILES string of the molecule is COc1ccc(NC(=O)CN(C)C(=O)C2CC(=O)N(CC(C)C)C2)cc1. The zero-order chi connectivity index (χ0) is 19.3. The summed E-state index contributed by atoms with van der Waals surface area (Å²) in [4.78, 5) is 39.8. The van der Waals surface area contributed by atoms with E-state index in [1.165, 1.54) is 4.90 Å². The zero-order valence-corrected chi connectivity index (χ0v) is 15.8. The second-order valence-electron chi connectivity index (χ2n) is 7.06. The lowest BCUT2D eigenvalue weighted by molar-refractivity contribution is -0.137. The summed E-state index contributed by atoms with van der Waals surface area (Å²) in [7, 11) is 3.16. The minimum absolute atomic E-state index is 0.00753. The van der Waals surface area contributed by atoms with Crippen LogP contribution in [0.3, 0.4) is 0 Å². The van der Waals surface area contributed by atoms with Gasteiger partial charge in [-0.15, -0.1) is 0 Å². The van der Waals surface area contributed by atoms with Crippen LogP contribution >= 0.6 is 0 Å². The van der Waals surface area contributed by atoms with Crippen molar-refractivity contribution in [3.63, 3.8) is 0 Å². The van der Waals surface area contributed by atoms with Crippen LogP contribution in [0.4, 0.5) is 5.69 Å². The molecule has 1 atom stereocenters. The van der Waals surface area contributed by atoms with Gasteiger partial charge in [0.2, 0.25) is 17.7 Å². The Morgan fingerprint density at radius 3 is 2.54 bits per heavy atom. The topological polar surface area (TPSA) is 79.0 Å². The quantitative estimate of drug-likeness (QED) is 0.800. The fourth-order valence-corrected chi connectivity index (χ4v) is 3.03. The average Bonchev–Trinajstić information content (AvgIpc) is 2.94. The van der Waals surface area contributed by atoms with Gasteiger partial charge in [-0.25, -0.2) is 0 Å². The van der Waals surface area contributed by atoms with Crippen molar-refractivity contribution in [1.29, 1.82) is 0 Å². The highest BCUT2D eigenvalue weighted by Crippen LogP contribution is 2.21. The molecule has 0 spiro atoms. The Morgan fingerprint density at radius 1 is 1.31 bits per heavy atom. The second-order valence-corrected chi connectivity index (χ2v) is 7.06. The number of amides is 3. The van der Waals surface area contributed by atoms with E-state index in [2.05, 4.69) is 5.32 Å². The third kappa shape index (κ3) is 5.21. The number of likely N-dealkylation sites (N-methyl/N-ethyl adjacent to an activating group) is 1. The lowest BCUT2D eigenvalue weighted by atomic mass is 10.1.